The molecule has 1 aliphatic rings. The summed E-state index contributed by atoms with van der Waals surface area (Å²) in [7, 11) is -0.184. The third-order valence-corrected chi connectivity index (χ3v) is 5.49. The summed E-state index contributed by atoms with van der Waals surface area (Å²) in [6.45, 7) is 3.13. The molecule has 0 spiro atoms. The fraction of sp³-hybridized carbons (Fsp3) is 0.500. The summed E-state index contributed by atoms with van der Waals surface area (Å²) in [5, 5.41) is 0. The molecular formula is C16H24NO3P. The fourth-order valence-electron chi connectivity index (χ4n) is 2.57. The number of hydrogen-bond acceptors (Lipinski definition) is 4. The van der Waals surface area contributed by atoms with Crippen LogP contribution in [0.1, 0.15) is 18.4 Å². The summed E-state index contributed by atoms with van der Waals surface area (Å²) in [5.41, 5.74) is 1.36. The number of hydrogen-bond donors (Lipinski definition) is 0. The first-order chi connectivity index (χ1) is 10.1. The monoisotopic (exact) mass is 309 g/mol. The van der Waals surface area contributed by atoms with Crippen molar-refractivity contribution in [1.29, 1.82) is 0 Å². The van der Waals surface area contributed by atoms with Crippen molar-refractivity contribution in [2.24, 2.45) is 5.92 Å². The number of benzene rings is 1. The lowest BCUT2D eigenvalue weighted by atomic mass is 9.97. The molecule has 4 nitrogen and oxygen atoms in total. The van der Waals surface area contributed by atoms with Crippen LogP contribution in [0.4, 0.5) is 0 Å². The zero-order chi connectivity index (χ0) is 15.1. The molecule has 0 N–H and O–H groups in total. The second kappa shape index (κ2) is 7.90. The van der Waals surface area contributed by atoms with Gasteiger partial charge in [0.1, 0.15) is 0 Å². The van der Waals surface area contributed by atoms with Gasteiger partial charge < -0.3 is 9.05 Å². The van der Waals surface area contributed by atoms with E-state index in [1.807, 2.05) is 12.1 Å². The van der Waals surface area contributed by atoms with Gasteiger partial charge in [-0.2, -0.15) is 0 Å². The van der Waals surface area contributed by atoms with Crippen molar-refractivity contribution in [2.45, 2.75) is 19.4 Å². The molecule has 0 radical (unpaired) electrons. The molecule has 116 valence electrons. The Kier molecular flexibility index (Phi) is 6.19. The first kappa shape index (κ1) is 16.4. The molecule has 1 saturated heterocycles. The topological polar surface area (TPSA) is 38.8 Å². The highest BCUT2D eigenvalue weighted by molar-refractivity contribution is 7.57. The van der Waals surface area contributed by atoms with Gasteiger partial charge in [0.25, 0.3) is 0 Å². The second-order valence-corrected chi connectivity index (χ2v) is 7.45. The van der Waals surface area contributed by atoms with E-state index in [-0.39, 0.29) is 0 Å². The summed E-state index contributed by atoms with van der Waals surface area (Å²) in [4.78, 5) is 2.46. The molecule has 0 amide bonds. The van der Waals surface area contributed by atoms with E-state index in [1.54, 1.807) is 5.82 Å². The number of allylic oxidation sites excluding steroid dienone is 1. The number of piperidine rings is 1. The summed E-state index contributed by atoms with van der Waals surface area (Å²) < 4.78 is 21.8. The predicted molar refractivity (Wildman–Crippen MR) is 85.2 cm³/mol. The highest BCUT2D eigenvalue weighted by Crippen LogP contribution is 2.48. The molecule has 0 aliphatic carbocycles. The van der Waals surface area contributed by atoms with Crippen LogP contribution in [0.3, 0.4) is 0 Å². The summed E-state index contributed by atoms with van der Waals surface area (Å²) in [6, 6.07) is 10.5. The van der Waals surface area contributed by atoms with Gasteiger partial charge in [-0.1, -0.05) is 36.4 Å². The molecule has 0 aromatic heterocycles. The van der Waals surface area contributed by atoms with Gasteiger partial charge in [-0.15, -0.1) is 0 Å². The highest BCUT2D eigenvalue weighted by Gasteiger charge is 2.20. The molecule has 1 aromatic rings. The predicted octanol–water partition coefficient (Wildman–Crippen LogP) is 3.90. The third-order valence-electron chi connectivity index (χ3n) is 3.93. The fourth-order valence-corrected chi connectivity index (χ4v) is 3.42. The van der Waals surface area contributed by atoms with Crippen molar-refractivity contribution < 1.29 is 13.6 Å². The van der Waals surface area contributed by atoms with Crippen molar-refractivity contribution in [3.63, 3.8) is 0 Å². The maximum Gasteiger partial charge on any atom is 0.353 e. The Morgan fingerprint density at radius 3 is 2.38 bits per heavy atom. The van der Waals surface area contributed by atoms with Gasteiger partial charge in [0, 0.05) is 26.6 Å². The highest BCUT2D eigenvalue weighted by atomic mass is 31.2. The van der Waals surface area contributed by atoms with Crippen molar-refractivity contribution in [2.75, 3.05) is 27.3 Å². The van der Waals surface area contributed by atoms with Crippen LogP contribution in [0.5, 0.6) is 0 Å². The lowest BCUT2D eigenvalue weighted by molar-refractivity contribution is 0.195. The van der Waals surface area contributed by atoms with Crippen LogP contribution in [0.2, 0.25) is 0 Å². The molecule has 0 bridgehead atoms. The van der Waals surface area contributed by atoms with E-state index in [4.69, 9.17) is 9.05 Å². The zero-order valence-corrected chi connectivity index (χ0v) is 13.7. The van der Waals surface area contributed by atoms with Gasteiger partial charge in [-0.05, 0) is 37.4 Å². The van der Waals surface area contributed by atoms with Crippen LogP contribution in [-0.2, 0) is 20.2 Å². The van der Waals surface area contributed by atoms with Gasteiger partial charge in [0.15, 0.2) is 0 Å². The van der Waals surface area contributed by atoms with Crippen LogP contribution in [0.25, 0.3) is 0 Å². The first-order valence-electron chi connectivity index (χ1n) is 7.32. The van der Waals surface area contributed by atoms with E-state index in [9.17, 15) is 4.57 Å². The molecule has 2 rings (SSSR count). The lowest BCUT2D eigenvalue weighted by Gasteiger charge is -2.30. The van der Waals surface area contributed by atoms with E-state index in [0.29, 0.717) is 5.92 Å². The van der Waals surface area contributed by atoms with Crippen molar-refractivity contribution in [1.82, 2.24) is 4.90 Å². The van der Waals surface area contributed by atoms with Gasteiger partial charge in [-0.3, -0.25) is 9.46 Å². The van der Waals surface area contributed by atoms with Crippen LogP contribution < -0.4 is 0 Å². The molecule has 1 aliphatic heterocycles. The molecular weight excluding hydrogens is 285 g/mol. The standard InChI is InChI=1S/C16H24NO3P/c1-19-21(18,20-2)13-10-15-8-11-17(12-9-15)14-16-6-4-3-5-7-16/h3-7,10,13,15H,8-9,11-12,14H2,1-2H3/b13-10+. The first-order valence-corrected chi connectivity index (χ1v) is 8.93. The number of rotatable bonds is 6. The Bertz CT molecular complexity index is 488. The largest absolute Gasteiger partial charge is 0.353 e. The summed E-state index contributed by atoms with van der Waals surface area (Å²) in [5.74, 6) is 2.06. The third kappa shape index (κ3) is 5.08. The summed E-state index contributed by atoms with van der Waals surface area (Å²) in [6.07, 6.45) is 4.15. The minimum absolute atomic E-state index is 0.454. The second-order valence-electron chi connectivity index (χ2n) is 5.35. The quantitative estimate of drug-likeness (QED) is 0.747. The van der Waals surface area contributed by atoms with Gasteiger partial charge in [0.05, 0.1) is 0 Å². The molecule has 5 heteroatoms. The van der Waals surface area contributed by atoms with E-state index in [1.165, 1.54) is 19.8 Å². The smallest absolute Gasteiger partial charge is 0.309 e. The lowest BCUT2D eigenvalue weighted by Crippen LogP contribution is -2.32. The number of nitrogens with zero attached hydrogens (tertiary/aromatic N) is 1. The molecule has 1 aromatic carbocycles. The SMILES string of the molecule is COP(=O)(/C=C/C1CCN(Cc2ccccc2)CC1)OC. The molecule has 21 heavy (non-hydrogen) atoms. The van der Waals surface area contributed by atoms with Crippen molar-refractivity contribution in [3.05, 3.63) is 47.8 Å². The van der Waals surface area contributed by atoms with E-state index < -0.39 is 7.60 Å². The summed E-state index contributed by atoms with van der Waals surface area (Å²) >= 11 is 0. The molecule has 0 atom stereocenters. The minimum atomic E-state index is -3.01. The Hall–Kier alpha value is -0.930. The minimum Gasteiger partial charge on any atom is -0.309 e. The van der Waals surface area contributed by atoms with E-state index >= 15 is 0 Å². The van der Waals surface area contributed by atoms with Crippen LogP contribution in [0.15, 0.2) is 42.2 Å². The van der Waals surface area contributed by atoms with Gasteiger partial charge in [0.2, 0.25) is 0 Å². The zero-order valence-electron chi connectivity index (χ0n) is 12.8. The molecule has 0 saturated carbocycles. The average Bonchev–Trinajstić information content (AvgIpc) is 2.55. The Labute approximate surface area is 127 Å². The van der Waals surface area contributed by atoms with E-state index in [0.717, 1.165) is 32.5 Å². The maximum atomic E-state index is 12.0. The van der Waals surface area contributed by atoms with Gasteiger partial charge in [-0.25, -0.2) is 0 Å². The average molecular weight is 309 g/mol. The molecule has 0 unspecified atom stereocenters. The molecule has 1 fully saturated rings. The normalized spacial score (nSPS) is 18.4. The molecule has 1 heterocycles. The van der Waals surface area contributed by atoms with Crippen LogP contribution in [0, 0.1) is 5.92 Å². The van der Waals surface area contributed by atoms with E-state index in [2.05, 4.69) is 29.2 Å². The van der Waals surface area contributed by atoms with Crippen molar-refractivity contribution in [3.8, 4) is 0 Å². The maximum absolute atomic E-state index is 12.0. The Balaban J connectivity index is 1.81. The van der Waals surface area contributed by atoms with Gasteiger partial charge >= 0.3 is 7.60 Å². The number of likely N-dealkylation sites (tertiary alicyclic amines) is 1. The van der Waals surface area contributed by atoms with Crippen LogP contribution >= 0.6 is 7.60 Å². The Morgan fingerprint density at radius 2 is 1.81 bits per heavy atom. The van der Waals surface area contributed by atoms with Crippen LogP contribution in [-0.4, -0.2) is 32.2 Å². The van der Waals surface area contributed by atoms with Crippen molar-refractivity contribution >= 4 is 7.60 Å². The Morgan fingerprint density at radius 1 is 1.19 bits per heavy atom.